The van der Waals surface area contributed by atoms with E-state index in [0.717, 1.165) is 23.0 Å². The van der Waals surface area contributed by atoms with Crippen molar-refractivity contribution in [1.82, 2.24) is 4.98 Å². The van der Waals surface area contributed by atoms with Gasteiger partial charge in [-0.3, -0.25) is 20.2 Å². The number of nitrogens with one attached hydrogen (secondary N) is 1. The number of nitrogens with zero attached hydrogens (tertiary/aromatic N) is 2. The molecular weight excluding hydrogens is 290 g/mol. The summed E-state index contributed by atoms with van der Waals surface area (Å²) in [4.78, 5) is 23.4. The highest BCUT2D eigenvalue weighted by Gasteiger charge is 2.21. The van der Waals surface area contributed by atoms with Crippen LogP contribution in [0.3, 0.4) is 0 Å². The standard InChI is InChI=1S/C14H9N3O5/c18-16(19)9-5-6-13(12(7-9)17(20)21)22-14-8-15-11-4-2-1-3-10(11)14/h1-8,15H. The number of benzene rings is 2. The quantitative estimate of drug-likeness (QED) is 0.582. The molecule has 8 heteroatoms. The van der Waals surface area contributed by atoms with Gasteiger partial charge < -0.3 is 9.72 Å². The second kappa shape index (κ2) is 5.17. The maximum Gasteiger partial charge on any atom is 0.318 e. The number of fused-ring (bicyclic) bond motifs is 1. The Kier molecular flexibility index (Phi) is 3.18. The van der Waals surface area contributed by atoms with Crippen LogP contribution in [0, 0.1) is 20.2 Å². The van der Waals surface area contributed by atoms with Crippen LogP contribution in [0.15, 0.2) is 48.7 Å². The first-order valence-corrected chi connectivity index (χ1v) is 6.23. The Bertz CT molecular complexity index is 887. The normalized spacial score (nSPS) is 10.5. The molecule has 2 aromatic carbocycles. The van der Waals surface area contributed by atoms with E-state index in [4.69, 9.17) is 4.74 Å². The van der Waals surface area contributed by atoms with Crippen LogP contribution in [0.25, 0.3) is 10.9 Å². The monoisotopic (exact) mass is 299 g/mol. The molecule has 0 aliphatic heterocycles. The summed E-state index contributed by atoms with van der Waals surface area (Å²) in [5, 5.41) is 22.6. The lowest BCUT2D eigenvalue weighted by Crippen LogP contribution is -1.95. The second-order valence-corrected chi connectivity index (χ2v) is 4.47. The summed E-state index contributed by atoms with van der Waals surface area (Å²) < 4.78 is 5.56. The van der Waals surface area contributed by atoms with E-state index in [-0.39, 0.29) is 11.4 Å². The van der Waals surface area contributed by atoms with Gasteiger partial charge in [-0.05, 0) is 18.2 Å². The lowest BCUT2D eigenvalue weighted by atomic mass is 10.2. The molecule has 3 rings (SSSR count). The molecule has 0 spiro atoms. The van der Waals surface area contributed by atoms with Gasteiger partial charge in [-0.2, -0.15) is 0 Å². The van der Waals surface area contributed by atoms with E-state index in [2.05, 4.69) is 4.98 Å². The van der Waals surface area contributed by atoms with Crippen molar-refractivity contribution in [2.24, 2.45) is 0 Å². The van der Waals surface area contributed by atoms with Gasteiger partial charge in [0.2, 0.25) is 5.75 Å². The van der Waals surface area contributed by atoms with E-state index < -0.39 is 15.5 Å². The molecule has 1 aromatic heterocycles. The Morgan fingerprint density at radius 1 is 0.955 bits per heavy atom. The molecule has 0 saturated carbocycles. The molecule has 0 aliphatic rings. The minimum absolute atomic E-state index is 0.0552. The molecule has 3 aromatic rings. The van der Waals surface area contributed by atoms with Crippen molar-refractivity contribution in [3.63, 3.8) is 0 Å². The molecule has 0 bridgehead atoms. The summed E-state index contributed by atoms with van der Waals surface area (Å²) in [6, 6.07) is 10.6. The zero-order valence-electron chi connectivity index (χ0n) is 11.1. The lowest BCUT2D eigenvalue weighted by Gasteiger charge is -2.05. The Morgan fingerprint density at radius 2 is 1.73 bits per heavy atom. The number of hydrogen-bond donors (Lipinski definition) is 1. The van der Waals surface area contributed by atoms with Crippen LogP contribution >= 0.6 is 0 Å². The smallest absolute Gasteiger partial charge is 0.318 e. The number of rotatable bonds is 4. The molecule has 1 heterocycles. The summed E-state index contributed by atoms with van der Waals surface area (Å²) in [6.07, 6.45) is 1.58. The predicted octanol–water partition coefficient (Wildman–Crippen LogP) is 3.78. The third-order valence-corrected chi connectivity index (χ3v) is 3.12. The summed E-state index contributed by atoms with van der Waals surface area (Å²) >= 11 is 0. The minimum Gasteiger partial charge on any atom is -0.448 e. The molecule has 0 amide bonds. The van der Waals surface area contributed by atoms with Gasteiger partial charge in [-0.25, -0.2) is 0 Å². The van der Waals surface area contributed by atoms with Crippen LogP contribution in [0.1, 0.15) is 0 Å². The van der Waals surface area contributed by atoms with Gasteiger partial charge in [-0.15, -0.1) is 0 Å². The van der Waals surface area contributed by atoms with E-state index in [1.165, 1.54) is 6.07 Å². The van der Waals surface area contributed by atoms with Crippen molar-refractivity contribution in [3.05, 3.63) is 68.9 Å². The molecule has 0 radical (unpaired) electrons. The second-order valence-electron chi connectivity index (χ2n) is 4.47. The first-order valence-electron chi connectivity index (χ1n) is 6.23. The first-order chi connectivity index (χ1) is 10.6. The minimum atomic E-state index is -0.711. The maximum absolute atomic E-state index is 11.1. The van der Waals surface area contributed by atoms with Gasteiger partial charge in [0.1, 0.15) is 0 Å². The van der Waals surface area contributed by atoms with Crippen LogP contribution in [0.4, 0.5) is 11.4 Å². The zero-order valence-corrected chi connectivity index (χ0v) is 11.1. The largest absolute Gasteiger partial charge is 0.448 e. The van der Waals surface area contributed by atoms with E-state index in [9.17, 15) is 20.2 Å². The number of H-pyrrole nitrogens is 1. The number of aromatic amines is 1. The zero-order chi connectivity index (χ0) is 15.7. The van der Waals surface area contributed by atoms with Crippen molar-refractivity contribution in [1.29, 1.82) is 0 Å². The number of nitro groups is 2. The van der Waals surface area contributed by atoms with Crippen molar-refractivity contribution < 1.29 is 14.6 Å². The van der Waals surface area contributed by atoms with Crippen LogP contribution in [0.5, 0.6) is 11.5 Å². The fraction of sp³-hybridized carbons (Fsp3) is 0. The summed E-state index contributed by atoms with van der Waals surface area (Å²) in [5.74, 6) is 0.355. The van der Waals surface area contributed by atoms with Gasteiger partial charge >= 0.3 is 5.69 Å². The third-order valence-electron chi connectivity index (χ3n) is 3.12. The van der Waals surface area contributed by atoms with Crippen LogP contribution in [-0.4, -0.2) is 14.8 Å². The molecule has 0 unspecified atom stereocenters. The van der Waals surface area contributed by atoms with Crippen molar-refractivity contribution in [2.45, 2.75) is 0 Å². The van der Waals surface area contributed by atoms with E-state index >= 15 is 0 Å². The topological polar surface area (TPSA) is 111 Å². The molecule has 0 aliphatic carbocycles. The van der Waals surface area contributed by atoms with Gasteiger partial charge in [-0.1, -0.05) is 12.1 Å². The Labute approximate surface area is 123 Å². The molecule has 0 saturated heterocycles. The molecule has 1 N–H and O–H groups in total. The SMILES string of the molecule is O=[N+]([O-])c1ccc(Oc2c[nH]c3ccccc23)c([N+](=O)[O-])c1. The van der Waals surface area contributed by atoms with Crippen molar-refractivity contribution in [2.75, 3.05) is 0 Å². The Hall–Kier alpha value is -3.42. The number of para-hydroxylation sites is 1. The number of nitro benzene ring substituents is 2. The summed E-state index contributed by atoms with van der Waals surface area (Å²) in [7, 11) is 0. The highest BCUT2D eigenvalue weighted by molar-refractivity contribution is 5.86. The number of hydrogen-bond acceptors (Lipinski definition) is 5. The molecule has 8 nitrogen and oxygen atoms in total. The van der Waals surface area contributed by atoms with Crippen LogP contribution in [-0.2, 0) is 0 Å². The number of aromatic nitrogens is 1. The highest BCUT2D eigenvalue weighted by atomic mass is 16.6. The number of non-ortho nitro benzene ring substituents is 1. The molecule has 22 heavy (non-hydrogen) atoms. The van der Waals surface area contributed by atoms with E-state index in [0.29, 0.717) is 5.75 Å². The van der Waals surface area contributed by atoms with E-state index in [1.807, 2.05) is 18.2 Å². The lowest BCUT2D eigenvalue weighted by molar-refractivity contribution is -0.394. The summed E-state index contributed by atoms with van der Waals surface area (Å²) in [6.45, 7) is 0. The number of ether oxygens (including phenoxy) is 1. The molecule has 0 fully saturated rings. The average molecular weight is 299 g/mol. The van der Waals surface area contributed by atoms with Gasteiger partial charge in [0, 0.05) is 23.2 Å². The van der Waals surface area contributed by atoms with Crippen LogP contribution in [0.2, 0.25) is 0 Å². The Balaban J connectivity index is 2.05. The maximum atomic E-state index is 11.1. The average Bonchev–Trinajstić information content (AvgIpc) is 2.90. The summed E-state index contributed by atoms with van der Waals surface area (Å²) in [5.41, 5.74) is -0.000442. The highest BCUT2D eigenvalue weighted by Crippen LogP contribution is 2.36. The first kappa shape index (κ1) is 13.6. The van der Waals surface area contributed by atoms with Crippen molar-refractivity contribution >= 4 is 22.3 Å². The van der Waals surface area contributed by atoms with Crippen LogP contribution < -0.4 is 4.74 Å². The molecular formula is C14H9N3O5. The van der Waals surface area contributed by atoms with Gasteiger partial charge in [0.15, 0.2) is 5.75 Å². The third kappa shape index (κ3) is 2.33. The van der Waals surface area contributed by atoms with Crippen molar-refractivity contribution in [3.8, 4) is 11.5 Å². The van der Waals surface area contributed by atoms with Gasteiger partial charge in [0.05, 0.1) is 15.9 Å². The molecule has 110 valence electrons. The van der Waals surface area contributed by atoms with Gasteiger partial charge in [0.25, 0.3) is 5.69 Å². The Morgan fingerprint density at radius 3 is 2.45 bits per heavy atom. The fourth-order valence-corrected chi connectivity index (χ4v) is 2.10. The molecule has 0 atom stereocenters. The van der Waals surface area contributed by atoms with E-state index in [1.54, 1.807) is 12.3 Å². The predicted molar refractivity (Wildman–Crippen MR) is 78.1 cm³/mol. The fourth-order valence-electron chi connectivity index (χ4n) is 2.10.